The van der Waals surface area contributed by atoms with E-state index in [1.807, 2.05) is 0 Å². The van der Waals surface area contributed by atoms with E-state index in [0.717, 1.165) is 5.39 Å². The summed E-state index contributed by atoms with van der Waals surface area (Å²) in [5, 5.41) is 14.6. The van der Waals surface area contributed by atoms with Crippen LogP contribution in [0.25, 0.3) is 10.9 Å². The van der Waals surface area contributed by atoms with E-state index in [-0.39, 0.29) is 11.6 Å². The average Bonchev–Trinajstić information content (AvgIpc) is 2.76. The summed E-state index contributed by atoms with van der Waals surface area (Å²) < 4.78 is 5.14. The molecule has 0 spiro atoms. The van der Waals surface area contributed by atoms with E-state index >= 15 is 0 Å². The molecule has 1 aromatic heterocycles. The fourth-order valence-corrected chi connectivity index (χ4v) is 2.15. The molecule has 0 atom stereocenters. The lowest BCUT2D eigenvalue weighted by Crippen LogP contribution is -2.26. The minimum atomic E-state index is -1.27. The summed E-state index contributed by atoms with van der Waals surface area (Å²) in [5.74, 6) is -0.780. The fraction of sp³-hybridized carbons (Fsp3) is 0.286. The van der Waals surface area contributed by atoms with Crippen LogP contribution in [0.5, 0.6) is 5.75 Å². The molecule has 106 valence electrons. The number of hydrogen-bond acceptors (Lipinski definition) is 4. The maximum atomic E-state index is 11.2. The molecule has 0 bridgehead atoms. The molecule has 0 fully saturated rings. The number of carbonyl (C=O) groups is 2. The van der Waals surface area contributed by atoms with Crippen LogP contribution in [-0.4, -0.2) is 30.5 Å². The van der Waals surface area contributed by atoms with Crippen LogP contribution in [-0.2, 0) is 11.2 Å². The Morgan fingerprint density at radius 3 is 2.75 bits per heavy atom. The topological polar surface area (TPSA) is 94.2 Å². The van der Waals surface area contributed by atoms with Gasteiger partial charge < -0.3 is 24.9 Å². The second-order valence-corrected chi connectivity index (χ2v) is 4.41. The first-order chi connectivity index (χ1) is 9.52. The Hall–Kier alpha value is -2.50. The van der Waals surface area contributed by atoms with E-state index in [1.165, 1.54) is 6.92 Å². The van der Waals surface area contributed by atoms with E-state index in [9.17, 15) is 14.7 Å². The highest BCUT2D eigenvalue weighted by molar-refractivity contribution is 5.97. The second kappa shape index (κ2) is 5.64. The number of hydrogen-bond donors (Lipinski definition) is 2. The van der Waals surface area contributed by atoms with Gasteiger partial charge in [0.15, 0.2) is 0 Å². The molecule has 2 N–H and O–H groups in total. The number of ether oxygens (including phenoxy) is 1. The number of carbonyl (C=O) groups excluding carboxylic acids is 2. The number of fused-ring (bicyclic) bond motifs is 1. The predicted octanol–water partition coefficient (Wildman–Crippen LogP) is 0.219. The highest BCUT2D eigenvalue weighted by Gasteiger charge is 2.13. The molecule has 0 aliphatic rings. The van der Waals surface area contributed by atoms with Crippen molar-refractivity contribution < 1.29 is 19.4 Å². The first-order valence-corrected chi connectivity index (χ1v) is 6.17. The number of carboxylic acid groups (broad SMARTS) is 1. The molecule has 2 rings (SSSR count). The van der Waals surface area contributed by atoms with Crippen LogP contribution in [0.2, 0.25) is 0 Å². The highest BCUT2D eigenvalue weighted by atomic mass is 16.5. The Bertz CT molecular complexity index is 660. The largest absolute Gasteiger partial charge is 0.543 e. The Kier molecular flexibility index (Phi) is 3.93. The van der Waals surface area contributed by atoms with Gasteiger partial charge in [-0.3, -0.25) is 4.79 Å². The molecule has 6 nitrogen and oxygen atoms in total. The summed E-state index contributed by atoms with van der Waals surface area (Å²) in [4.78, 5) is 24.9. The van der Waals surface area contributed by atoms with Crippen molar-refractivity contribution in [3.8, 4) is 5.75 Å². The molecule has 0 aliphatic carbocycles. The smallest absolute Gasteiger partial charge is 0.216 e. The zero-order valence-electron chi connectivity index (χ0n) is 11.3. The second-order valence-electron chi connectivity index (χ2n) is 4.41. The zero-order valence-corrected chi connectivity index (χ0v) is 11.3. The molecule has 0 aliphatic heterocycles. The first kappa shape index (κ1) is 13.9. The van der Waals surface area contributed by atoms with Gasteiger partial charge in [0.05, 0.1) is 18.8 Å². The lowest BCUT2D eigenvalue weighted by Gasteiger charge is -2.06. The Morgan fingerprint density at radius 2 is 2.15 bits per heavy atom. The summed E-state index contributed by atoms with van der Waals surface area (Å²) in [6, 6.07) is 5.26. The summed E-state index contributed by atoms with van der Waals surface area (Å²) in [5.41, 5.74) is 1.34. The van der Waals surface area contributed by atoms with Crippen molar-refractivity contribution in [3.63, 3.8) is 0 Å². The molecule has 1 amide bonds. The van der Waals surface area contributed by atoms with Crippen molar-refractivity contribution in [2.24, 2.45) is 0 Å². The van der Waals surface area contributed by atoms with Gasteiger partial charge in [-0.05, 0) is 30.2 Å². The van der Waals surface area contributed by atoms with Gasteiger partial charge in [-0.15, -0.1) is 0 Å². The number of methoxy groups -OCH3 is 1. The maximum absolute atomic E-state index is 11.2. The van der Waals surface area contributed by atoms with Crippen molar-refractivity contribution in [2.45, 2.75) is 13.3 Å². The number of aromatic nitrogens is 1. The third-order valence-corrected chi connectivity index (χ3v) is 3.07. The SMILES string of the molecule is COc1ccc2[nH]c(C(=O)[O-])c(CCNC(C)=O)c2c1. The van der Waals surface area contributed by atoms with Gasteiger partial charge in [0.25, 0.3) is 0 Å². The quantitative estimate of drug-likeness (QED) is 0.816. The standard InChI is InChI=1S/C14H16N2O4/c1-8(17)15-6-5-10-11-7-9(20-2)3-4-12(11)16-13(10)14(18)19/h3-4,7,16H,5-6H2,1-2H3,(H,15,17)(H,18,19)/p-1. The predicted molar refractivity (Wildman–Crippen MR) is 71.6 cm³/mol. The van der Waals surface area contributed by atoms with Crippen molar-refractivity contribution in [2.75, 3.05) is 13.7 Å². The molecule has 0 radical (unpaired) electrons. The van der Waals surface area contributed by atoms with Crippen LogP contribution < -0.4 is 15.2 Å². The molecule has 6 heteroatoms. The van der Waals surface area contributed by atoms with Crippen LogP contribution in [0.4, 0.5) is 0 Å². The van der Waals surface area contributed by atoms with Crippen LogP contribution in [0.15, 0.2) is 18.2 Å². The molecule has 0 unspecified atom stereocenters. The van der Waals surface area contributed by atoms with E-state index in [2.05, 4.69) is 10.3 Å². The molecule has 1 aromatic carbocycles. The van der Waals surface area contributed by atoms with Crippen molar-refractivity contribution in [1.82, 2.24) is 10.3 Å². The minimum Gasteiger partial charge on any atom is -0.543 e. The van der Waals surface area contributed by atoms with Gasteiger partial charge in [-0.2, -0.15) is 0 Å². The van der Waals surface area contributed by atoms with E-state index in [0.29, 0.717) is 29.8 Å². The van der Waals surface area contributed by atoms with Gasteiger partial charge in [0.1, 0.15) is 5.75 Å². The maximum Gasteiger partial charge on any atom is 0.216 e. The van der Waals surface area contributed by atoms with E-state index < -0.39 is 5.97 Å². The Balaban J connectivity index is 2.43. The van der Waals surface area contributed by atoms with Crippen LogP contribution in [0, 0.1) is 0 Å². The number of H-pyrrole nitrogens is 1. The fourth-order valence-electron chi connectivity index (χ4n) is 2.15. The van der Waals surface area contributed by atoms with E-state index in [1.54, 1.807) is 25.3 Å². The normalized spacial score (nSPS) is 10.5. The third-order valence-electron chi connectivity index (χ3n) is 3.07. The van der Waals surface area contributed by atoms with Crippen molar-refractivity contribution >= 4 is 22.8 Å². The van der Waals surface area contributed by atoms with E-state index in [4.69, 9.17) is 4.74 Å². The lowest BCUT2D eigenvalue weighted by atomic mass is 10.1. The number of aromatic carboxylic acids is 1. The molecule has 0 saturated heterocycles. The number of amides is 1. The van der Waals surface area contributed by atoms with Gasteiger partial charge in [0, 0.05) is 24.4 Å². The molecule has 20 heavy (non-hydrogen) atoms. The van der Waals surface area contributed by atoms with Gasteiger partial charge in [0.2, 0.25) is 5.91 Å². The molecular formula is C14H15N2O4-. The summed E-state index contributed by atoms with van der Waals surface area (Å²) in [6.45, 7) is 1.78. The van der Waals surface area contributed by atoms with Gasteiger partial charge in [-0.25, -0.2) is 0 Å². The van der Waals surface area contributed by atoms with Gasteiger partial charge in [-0.1, -0.05) is 0 Å². The molecule has 0 saturated carbocycles. The van der Waals surface area contributed by atoms with Crippen LogP contribution in [0.3, 0.4) is 0 Å². The Morgan fingerprint density at radius 1 is 1.40 bits per heavy atom. The molecule has 2 aromatic rings. The van der Waals surface area contributed by atoms with Gasteiger partial charge >= 0.3 is 0 Å². The number of nitrogens with one attached hydrogen (secondary N) is 2. The number of carboxylic acids is 1. The van der Waals surface area contributed by atoms with Crippen molar-refractivity contribution in [3.05, 3.63) is 29.5 Å². The number of aromatic amines is 1. The molecule has 1 heterocycles. The summed E-state index contributed by atoms with van der Waals surface area (Å²) in [6.07, 6.45) is 0.399. The van der Waals surface area contributed by atoms with Crippen LogP contribution >= 0.6 is 0 Å². The summed E-state index contributed by atoms with van der Waals surface area (Å²) in [7, 11) is 1.55. The molecular weight excluding hydrogens is 260 g/mol. The third kappa shape index (κ3) is 2.74. The highest BCUT2D eigenvalue weighted by Crippen LogP contribution is 2.26. The van der Waals surface area contributed by atoms with Crippen molar-refractivity contribution in [1.29, 1.82) is 0 Å². The number of benzene rings is 1. The first-order valence-electron chi connectivity index (χ1n) is 6.17. The Labute approximate surface area is 115 Å². The van der Waals surface area contributed by atoms with Crippen LogP contribution in [0.1, 0.15) is 23.0 Å². The average molecular weight is 275 g/mol. The lowest BCUT2D eigenvalue weighted by molar-refractivity contribution is -0.255. The zero-order chi connectivity index (χ0) is 14.7. The number of rotatable bonds is 5. The monoisotopic (exact) mass is 275 g/mol. The summed E-state index contributed by atoms with van der Waals surface area (Å²) >= 11 is 0. The minimum absolute atomic E-state index is 0.0404.